The van der Waals surface area contributed by atoms with Crippen LogP contribution >= 0.6 is 11.6 Å². The molecule has 5 N–H and O–H groups in total. The van der Waals surface area contributed by atoms with Crippen molar-refractivity contribution in [2.45, 2.75) is 51.7 Å². The lowest BCUT2D eigenvalue weighted by Crippen LogP contribution is -2.50. The summed E-state index contributed by atoms with van der Waals surface area (Å²) in [5.41, 5.74) is 7.90. The Bertz CT molecular complexity index is 1080. The van der Waals surface area contributed by atoms with Crippen molar-refractivity contribution in [1.29, 1.82) is 0 Å². The molecule has 2 heterocycles. The summed E-state index contributed by atoms with van der Waals surface area (Å²) in [6.45, 7) is 4.20. The number of hydrogen-bond acceptors (Lipinski definition) is 6. The standard InChI is InChI=1S/C23H27ClF3N5O3/c1-12-16(4-6-20(28)31-12)11-30-21(33)13(2)32-22(34)18-9-15(10-29-18)7-14-3-5-19(17(24)8-14)35-23(25,26)27/h3-6,8,13,15,18,29H,7,9-11H2,1-2H3,(H2,28,31)(H,30,33)(H,32,34)/t13-,15-,18+/m0/s1. The summed E-state index contributed by atoms with van der Waals surface area (Å²) in [4.78, 5) is 29.2. The SMILES string of the molecule is Cc1nc(N)ccc1CNC(=O)[C@H](C)NC(=O)[C@H]1C[C@H](Cc2ccc(OC(F)(F)F)c(Cl)c2)CN1. The Morgan fingerprint density at radius 2 is 2.06 bits per heavy atom. The van der Waals surface area contributed by atoms with E-state index >= 15 is 0 Å². The second-order valence-corrected chi connectivity index (χ2v) is 8.92. The van der Waals surface area contributed by atoms with E-state index in [2.05, 4.69) is 25.7 Å². The van der Waals surface area contributed by atoms with Crippen molar-refractivity contribution in [3.8, 4) is 5.75 Å². The summed E-state index contributed by atoms with van der Waals surface area (Å²) in [6, 6.07) is 6.34. The highest BCUT2D eigenvalue weighted by atomic mass is 35.5. The number of amides is 2. The molecule has 3 rings (SSSR count). The summed E-state index contributed by atoms with van der Waals surface area (Å²) in [5, 5.41) is 8.48. The van der Waals surface area contributed by atoms with Crippen LogP contribution in [0.25, 0.3) is 0 Å². The number of hydrogen-bond donors (Lipinski definition) is 4. The largest absolute Gasteiger partial charge is 0.573 e. The van der Waals surface area contributed by atoms with E-state index in [1.807, 2.05) is 0 Å². The number of nitrogens with two attached hydrogens (primary N) is 1. The van der Waals surface area contributed by atoms with Gasteiger partial charge < -0.3 is 26.4 Å². The number of halogens is 4. The molecule has 1 aromatic carbocycles. The third-order valence-corrected chi connectivity index (χ3v) is 6.00. The molecule has 12 heteroatoms. The zero-order valence-corrected chi connectivity index (χ0v) is 20.0. The van der Waals surface area contributed by atoms with E-state index in [-0.39, 0.29) is 29.3 Å². The number of benzene rings is 1. The molecular formula is C23H27ClF3N5O3. The number of ether oxygens (including phenoxy) is 1. The smallest absolute Gasteiger partial charge is 0.404 e. The maximum atomic E-state index is 12.6. The highest BCUT2D eigenvalue weighted by Gasteiger charge is 2.33. The van der Waals surface area contributed by atoms with Gasteiger partial charge in [0.2, 0.25) is 11.8 Å². The van der Waals surface area contributed by atoms with Crippen LogP contribution in [0.2, 0.25) is 5.02 Å². The van der Waals surface area contributed by atoms with Crippen LogP contribution in [0, 0.1) is 12.8 Å². The summed E-state index contributed by atoms with van der Waals surface area (Å²) >= 11 is 5.92. The van der Waals surface area contributed by atoms with Crippen LogP contribution in [0.3, 0.4) is 0 Å². The molecule has 0 bridgehead atoms. The average molecular weight is 514 g/mol. The first-order valence-corrected chi connectivity index (χ1v) is 11.4. The monoisotopic (exact) mass is 513 g/mol. The Morgan fingerprint density at radius 1 is 1.31 bits per heavy atom. The fraction of sp³-hybridized carbons (Fsp3) is 0.435. The molecule has 1 aliphatic heterocycles. The molecule has 0 unspecified atom stereocenters. The minimum Gasteiger partial charge on any atom is -0.404 e. The van der Waals surface area contributed by atoms with Gasteiger partial charge in [0, 0.05) is 12.2 Å². The number of rotatable bonds is 8. The Kier molecular flexibility index (Phi) is 8.44. The van der Waals surface area contributed by atoms with E-state index in [1.165, 1.54) is 18.2 Å². The van der Waals surface area contributed by atoms with Gasteiger partial charge in [0.1, 0.15) is 17.6 Å². The van der Waals surface area contributed by atoms with E-state index in [0.29, 0.717) is 30.9 Å². The first-order chi connectivity index (χ1) is 16.4. The Labute approximate surface area is 205 Å². The maximum absolute atomic E-state index is 12.6. The van der Waals surface area contributed by atoms with Crippen LogP contribution in [0.1, 0.15) is 30.2 Å². The third-order valence-electron chi connectivity index (χ3n) is 5.71. The van der Waals surface area contributed by atoms with Gasteiger partial charge in [0.05, 0.1) is 11.1 Å². The number of nitrogens with zero attached hydrogens (tertiary/aromatic N) is 1. The molecule has 1 fully saturated rings. The van der Waals surface area contributed by atoms with Crippen molar-refractivity contribution in [2.75, 3.05) is 12.3 Å². The molecule has 2 amide bonds. The number of alkyl halides is 3. The van der Waals surface area contributed by atoms with E-state index in [9.17, 15) is 22.8 Å². The Balaban J connectivity index is 1.46. The van der Waals surface area contributed by atoms with Gasteiger partial charge in [-0.25, -0.2) is 4.98 Å². The molecule has 1 aliphatic rings. The number of nitrogens with one attached hydrogen (secondary N) is 3. The minimum atomic E-state index is -4.82. The molecule has 0 saturated carbocycles. The number of carbonyl (C=O) groups excluding carboxylic acids is 2. The van der Waals surface area contributed by atoms with E-state index in [4.69, 9.17) is 17.3 Å². The molecule has 1 saturated heterocycles. The fourth-order valence-corrected chi connectivity index (χ4v) is 4.13. The second kappa shape index (κ2) is 11.1. The van der Waals surface area contributed by atoms with Crippen LogP contribution in [-0.4, -0.2) is 41.8 Å². The Hall–Kier alpha value is -3.05. The zero-order valence-electron chi connectivity index (χ0n) is 19.2. The van der Waals surface area contributed by atoms with Crippen LogP contribution in [0.5, 0.6) is 5.75 Å². The Morgan fingerprint density at radius 3 is 2.71 bits per heavy atom. The zero-order chi connectivity index (χ0) is 25.8. The van der Waals surface area contributed by atoms with Gasteiger partial charge in [0.15, 0.2) is 0 Å². The van der Waals surface area contributed by atoms with Gasteiger partial charge >= 0.3 is 6.36 Å². The van der Waals surface area contributed by atoms with Crippen molar-refractivity contribution >= 4 is 29.2 Å². The van der Waals surface area contributed by atoms with E-state index in [0.717, 1.165) is 11.1 Å². The van der Waals surface area contributed by atoms with E-state index < -0.39 is 24.2 Å². The lowest BCUT2D eigenvalue weighted by atomic mass is 9.96. The molecule has 1 aromatic heterocycles. The fourth-order valence-electron chi connectivity index (χ4n) is 3.89. The normalized spacial score (nSPS) is 18.7. The first-order valence-electron chi connectivity index (χ1n) is 11.0. The van der Waals surface area contributed by atoms with Crippen molar-refractivity contribution in [3.05, 3.63) is 52.2 Å². The van der Waals surface area contributed by atoms with Gasteiger partial charge in [-0.3, -0.25) is 9.59 Å². The van der Waals surface area contributed by atoms with Gasteiger partial charge in [-0.05, 0) is 68.5 Å². The maximum Gasteiger partial charge on any atom is 0.573 e. The third kappa shape index (κ3) is 7.72. The highest BCUT2D eigenvalue weighted by molar-refractivity contribution is 6.32. The summed E-state index contributed by atoms with van der Waals surface area (Å²) in [5.74, 6) is -0.621. The molecule has 3 atom stereocenters. The van der Waals surface area contributed by atoms with E-state index in [1.54, 1.807) is 26.0 Å². The van der Waals surface area contributed by atoms with Crippen molar-refractivity contribution in [1.82, 2.24) is 20.9 Å². The molecule has 35 heavy (non-hydrogen) atoms. The molecule has 0 radical (unpaired) electrons. The molecule has 0 aliphatic carbocycles. The molecular weight excluding hydrogens is 487 g/mol. The lowest BCUT2D eigenvalue weighted by molar-refractivity contribution is -0.274. The number of aryl methyl sites for hydroxylation is 1. The second-order valence-electron chi connectivity index (χ2n) is 8.51. The van der Waals surface area contributed by atoms with Crippen LogP contribution in [0.15, 0.2) is 30.3 Å². The van der Waals surface area contributed by atoms with Crippen molar-refractivity contribution < 1.29 is 27.5 Å². The molecule has 8 nitrogen and oxygen atoms in total. The number of carbonyl (C=O) groups is 2. The van der Waals surface area contributed by atoms with Gasteiger partial charge in [-0.1, -0.05) is 23.7 Å². The van der Waals surface area contributed by atoms with Gasteiger partial charge in [0.25, 0.3) is 0 Å². The van der Waals surface area contributed by atoms with Crippen LogP contribution in [-0.2, 0) is 22.6 Å². The number of anilines is 1. The predicted molar refractivity (Wildman–Crippen MR) is 125 cm³/mol. The summed E-state index contributed by atoms with van der Waals surface area (Å²) in [6.07, 6.45) is -3.79. The topological polar surface area (TPSA) is 118 Å². The van der Waals surface area contributed by atoms with Gasteiger partial charge in [-0.2, -0.15) is 0 Å². The molecule has 2 aromatic rings. The predicted octanol–water partition coefficient (Wildman–Crippen LogP) is 2.87. The first kappa shape index (κ1) is 26.6. The summed E-state index contributed by atoms with van der Waals surface area (Å²) in [7, 11) is 0. The molecule has 0 spiro atoms. The molecule has 190 valence electrons. The lowest BCUT2D eigenvalue weighted by Gasteiger charge is -2.17. The number of aromatic nitrogens is 1. The minimum absolute atomic E-state index is 0.0707. The van der Waals surface area contributed by atoms with Crippen molar-refractivity contribution in [3.63, 3.8) is 0 Å². The average Bonchev–Trinajstić information content (AvgIpc) is 3.22. The quantitative estimate of drug-likeness (QED) is 0.431. The number of pyridine rings is 1. The summed E-state index contributed by atoms with van der Waals surface area (Å²) < 4.78 is 41.1. The number of nitrogen functional groups attached to an aromatic ring is 1. The van der Waals surface area contributed by atoms with Crippen LogP contribution in [0.4, 0.5) is 19.0 Å². The highest BCUT2D eigenvalue weighted by Crippen LogP contribution is 2.32. The van der Waals surface area contributed by atoms with Crippen LogP contribution < -0.4 is 26.4 Å². The van der Waals surface area contributed by atoms with Crippen molar-refractivity contribution in [2.24, 2.45) is 5.92 Å². The van der Waals surface area contributed by atoms with Gasteiger partial charge in [-0.15, -0.1) is 13.2 Å².